The van der Waals surface area contributed by atoms with Crippen molar-refractivity contribution in [2.45, 2.75) is 20.0 Å². The normalized spacial score (nSPS) is 10.8. The van der Waals surface area contributed by atoms with E-state index in [2.05, 4.69) is 30.5 Å². The maximum absolute atomic E-state index is 10.1. The number of rotatable bonds is 7. The van der Waals surface area contributed by atoms with Crippen LogP contribution in [0.3, 0.4) is 0 Å². The topological polar surface area (TPSA) is 32.7 Å². The number of aromatic hydroxyl groups is 1. The molecular formula is C17H21NO2S. The van der Waals surface area contributed by atoms with E-state index in [4.69, 9.17) is 4.74 Å². The third-order valence-electron chi connectivity index (χ3n) is 3.27. The molecule has 0 saturated carbocycles. The highest BCUT2D eigenvalue weighted by Crippen LogP contribution is 2.29. The van der Waals surface area contributed by atoms with Crippen LogP contribution in [0.15, 0.2) is 43.0 Å². The molecule has 0 spiro atoms. The summed E-state index contributed by atoms with van der Waals surface area (Å²) in [6, 6.07) is 9.64. The van der Waals surface area contributed by atoms with Crippen LogP contribution in [-0.2, 0) is 13.1 Å². The van der Waals surface area contributed by atoms with E-state index in [0.717, 1.165) is 18.7 Å². The summed E-state index contributed by atoms with van der Waals surface area (Å²) in [4.78, 5) is 4.85. The van der Waals surface area contributed by atoms with E-state index >= 15 is 0 Å². The van der Waals surface area contributed by atoms with Crippen LogP contribution in [0.2, 0.25) is 0 Å². The Labute approximate surface area is 130 Å². The molecule has 1 heterocycles. The molecular weight excluding hydrogens is 282 g/mol. The number of phenolic OH excluding ortho intramolecular Hbond substituents is 1. The maximum Gasteiger partial charge on any atom is 0.127 e. The van der Waals surface area contributed by atoms with Gasteiger partial charge in [-0.05, 0) is 31.2 Å². The van der Waals surface area contributed by atoms with Gasteiger partial charge < -0.3 is 9.84 Å². The van der Waals surface area contributed by atoms with E-state index in [0.29, 0.717) is 12.3 Å². The Bertz CT molecular complexity index is 607. The molecule has 2 rings (SSSR count). The molecule has 0 fully saturated rings. The molecule has 0 aliphatic rings. The molecule has 1 N–H and O–H groups in total. The van der Waals surface area contributed by atoms with E-state index < -0.39 is 0 Å². The van der Waals surface area contributed by atoms with Gasteiger partial charge in [-0.1, -0.05) is 12.1 Å². The van der Waals surface area contributed by atoms with Gasteiger partial charge in [0.1, 0.15) is 11.5 Å². The first kappa shape index (κ1) is 15.6. The molecule has 21 heavy (non-hydrogen) atoms. The number of phenols is 1. The summed E-state index contributed by atoms with van der Waals surface area (Å²) in [7, 11) is 1.62. The van der Waals surface area contributed by atoms with Crippen LogP contribution in [0, 0.1) is 6.92 Å². The van der Waals surface area contributed by atoms with Gasteiger partial charge >= 0.3 is 0 Å². The van der Waals surface area contributed by atoms with Crippen molar-refractivity contribution in [2.75, 3.05) is 13.7 Å². The molecule has 1 aromatic carbocycles. The lowest BCUT2D eigenvalue weighted by atomic mass is 10.1. The minimum absolute atomic E-state index is 0.269. The number of ether oxygens (including phenoxy) is 1. The van der Waals surface area contributed by atoms with Gasteiger partial charge in [-0.25, -0.2) is 0 Å². The average molecular weight is 303 g/mol. The molecule has 4 heteroatoms. The number of nitrogens with zero attached hydrogens (tertiary/aromatic N) is 1. The highest BCUT2D eigenvalue weighted by molar-refractivity contribution is 7.11. The molecule has 0 amide bonds. The van der Waals surface area contributed by atoms with Crippen LogP contribution < -0.4 is 4.74 Å². The van der Waals surface area contributed by atoms with Gasteiger partial charge in [0.2, 0.25) is 0 Å². The predicted molar refractivity (Wildman–Crippen MR) is 88.0 cm³/mol. The van der Waals surface area contributed by atoms with E-state index in [1.165, 1.54) is 9.75 Å². The van der Waals surface area contributed by atoms with Crippen molar-refractivity contribution in [3.05, 3.63) is 58.3 Å². The Morgan fingerprint density at radius 2 is 2.10 bits per heavy atom. The third kappa shape index (κ3) is 4.09. The molecule has 0 unspecified atom stereocenters. The molecule has 0 atom stereocenters. The van der Waals surface area contributed by atoms with Gasteiger partial charge in [-0.15, -0.1) is 17.9 Å². The molecule has 3 nitrogen and oxygen atoms in total. The van der Waals surface area contributed by atoms with Crippen LogP contribution in [0.25, 0.3) is 0 Å². The average Bonchev–Trinajstić information content (AvgIpc) is 2.86. The van der Waals surface area contributed by atoms with Crippen molar-refractivity contribution in [3.63, 3.8) is 0 Å². The summed E-state index contributed by atoms with van der Waals surface area (Å²) >= 11 is 1.80. The molecule has 0 bridgehead atoms. The highest BCUT2D eigenvalue weighted by Gasteiger charge is 2.14. The SMILES string of the molecule is C=CCN(Cc1ccc(C)s1)Cc1c(O)cccc1OC. The largest absolute Gasteiger partial charge is 0.507 e. The van der Waals surface area contributed by atoms with Gasteiger partial charge in [0.15, 0.2) is 0 Å². The monoisotopic (exact) mass is 303 g/mol. The summed E-state index contributed by atoms with van der Waals surface area (Å²) in [5.74, 6) is 0.984. The van der Waals surface area contributed by atoms with Gasteiger partial charge in [-0.2, -0.15) is 0 Å². The van der Waals surface area contributed by atoms with Crippen molar-refractivity contribution in [2.24, 2.45) is 0 Å². The first-order valence-electron chi connectivity index (χ1n) is 6.87. The summed E-state index contributed by atoms with van der Waals surface area (Å²) in [6.45, 7) is 8.15. The second kappa shape index (κ2) is 7.29. The van der Waals surface area contributed by atoms with Crippen molar-refractivity contribution in [1.29, 1.82) is 0 Å². The lowest BCUT2D eigenvalue weighted by molar-refractivity contribution is 0.277. The van der Waals surface area contributed by atoms with Crippen molar-refractivity contribution in [1.82, 2.24) is 4.90 Å². The summed E-state index contributed by atoms with van der Waals surface area (Å²) < 4.78 is 5.35. The van der Waals surface area contributed by atoms with E-state index in [9.17, 15) is 5.11 Å². The quantitative estimate of drug-likeness (QED) is 0.786. The van der Waals surface area contributed by atoms with E-state index in [1.807, 2.05) is 12.1 Å². The molecule has 0 radical (unpaired) electrons. The molecule has 1 aromatic heterocycles. The standard InChI is InChI=1S/C17H21NO2S/c1-4-10-18(11-14-9-8-13(2)21-14)12-15-16(19)6-5-7-17(15)20-3/h4-9,19H,1,10-12H2,2-3H3. The van der Waals surface area contributed by atoms with E-state index in [-0.39, 0.29) is 5.75 Å². The second-order valence-corrected chi connectivity index (χ2v) is 6.30. The Balaban J connectivity index is 2.18. The first-order chi connectivity index (χ1) is 10.1. The van der Waals surface area contributed by atoms with Crippen LogP contribution in [0.4, 0.5) is 0 Å². The van der Waals surface area contributed by atoms with Crippen molar-refractivity contribution >= 4 is 11.3 Å². The Kier molecular flexibility index (Phi) is 5.42. The fourth-order valence-corrected chi connectivity index (χ4v) is 3.22. The van der Waals surface area contributed by atoms with Gasteiger partial charge in [0.05, 0.1) is 7.11 Å². The molecule has 0 aliphatic carbocycles. The Morgan fingerprint density at radius 3 is 2.71 bits per heavy atom. The number of hydrogen-bond donors (Lipinski definition) is 1. The predicted octanol–water partition coefficient (Wildman–Crippen LogP) is 3.96. The summed E-state index contributed by atoms with van der Waals surface area (Å²) in [6.07, 6.45) is 1.88. The third-order valence-corrected chi connectivity index (χ3v) is 4.26. The summed E-state index contributed by atoms with van der Waals surface area (Å²) in [5, 5.41) is 10.1. The lowest BCUT2D eigenvalue weighted by Gasteiger charge is -2.22. The number of thiophene rings is 1. The fraction of sp³-hybridized carbons (Fsp3) is 0.294. The number of methoxy groups -OCH3 is 1. The Morgan fingerprint density at radius 1 is 1.29 bits per heavy atom. The second-order valence-electron chi connectivity index (χ2n) is 4.93. The molecule has 0 saturated heterocycles. The Hall–Kier alpha value is -1.78. The molecule has 2 aromatic rings. The van der Waals surface area contributed by atoms with Crippen molar-refractivity contribution in [3.8, 4) is 11.5 Å². The summed E-state index contributed by atoms with van der Waals surface area (Å²) in [5.41, 5.74) is 0.815. The van der Waals surface area contributed by atoms with Crippen LogP contribution in [0.5, 0.6) is 11.5 Å². The minimum atomic E-state index is 0.269. The van der Waals surface area contributed by atoms with Crippen LogP contribution in [0.1, 0.15) is 15.3 Å². The zero-order chi connectivity index (χ0) is 15.2. The van der Waals surface area contributed by atoms with Gasteiger partial charge in [0.25, 0.3) is 0 Å². The number of aryl methyl sites for hydroxylation is 1. The minimum Gasteiger partial charge on any atom is -0.507 e. The number of hydrogen-bond acceptors (Lipinski definition) is 4. The smallest absolute Gasteiger partial charge is 0.127 e. The fourth-order valence-electron chi connectivity index (χ4n) is 2.29. The highest BCUT2D eigenvalue weighted by atomic mass is 32.1. The first-order valence-corrected chi connectivity index (χ1v) is 7.69. The number of benzene rings is 1. The molecule has 0 aliphatic heterocycles. The van der Waals surface area contributed by atoms with Crippen LogP contribution >= 0.6 is 11.3 Å². The van der Waals surface area contributed by atoms with Gasteiger partial charge in [-0.3, -0.25) is 4.90 Å². The zero-order valence-electron chi connectivity index (χ0n) is 12.5. The van der Waals surface area contributed by atoms with Crippen molar-refractivity contribution < 1.29 is 9.84 Å². The molecule has 112 valence electrons. The maximum atomic E-state index is 10.1. The van der Waals surface area contributed by atoms with Crippen LogP contribution in [-0.4, -0.2) is 23.7 Å². The van der Waals surface area contributed by atoms with E-state index in [1.54, 1.807) is 30.6 Å². The zero-order valence-corrected chi connectivity index (χ0v) is 13.3. The van der Waals surface area contributed by atoms with Gasteiger partial charge in [0, 0.05) is 35.0 Å². The lowest BCUT2D eigenvalue weighted by Crippen LogP contribution is -2.22.